The minimum Gasteiger partial charge on any atom is -0.494 e. The molecule has 3 N–H and O–H groups in total. The molecule has 2 rings (SSSR count). The highest BCUT2D eigenvalue weighted by Crippen LogP contribution is 2.17. The molecular formula is C16H25N3O. The Morgan fingerprint density at radius 3 is 2.90 bits per heavy atom. The quantitative estimate of drug-likeness (QED) is 0.713. The third kappa shape index (κ3) is 5.13. The predicted molar refractivity (Wildman–Crippen MR) is 82.4 cm³/mol. The summed E-state index contributed by atoms with van der Waals surface area (Å²) in [5.74, 6) is 1.46. The second kappa shape index (κ2) is 7.80. The fraction of sp³-hybridized carbons (Fsp3) is 0.500. The number of rotatable bonds is 8. The molecule has 0 atom stereocenters. The summed E-state index contributed by atoms with van der Waals surface area (Å²) in [6.07, 6.45) is 3.57. The fourth-order valence-corrected chi connectivity index (χ4v) is 2.44. The lowest BCUT2D eigenvalue weighted by Crippen LogP contribution is -2.21. The maximum Gasteiger partial charge on any atom is 0.119 e. The molecule has 1 aliphatic heterocycles. The summed E-state index contributed by atoms with van der Waals surface area (Å²) < 4.78 is 5.76. The predicted octanol–water partition coefficient (Wildman–Crippen LogP) is 2.07. The van der Waals surface area contributed by atoms with Gasteiger partial charge < -0.3 is 15.8 Å². The Morgan fingerprint density at radius 1 is 1.35 bits per heavy atom. The molecule has 20 heavy (non-hydrogen) atoms. The van der Waals surface area contributed by atoms with Gasteiger partial charge >= 0.3 is 0 Å². The number of likely N-dealkylation sites (tertiary alicyclic amines) is 1. The molecule has 0 amide bonds. The molecule has 110 valence electrons. The van der Waals surface area contributed by atoms with Gasteiger partial charge in [0.25, 0.3) is 0 Å². The van der Waals surface area contributed by atoms with E-state index in [0.29, 0.717) is 12.4 Å². The van der Waals surface area contributed by atoms with Crippen LogP contribution >= 0.6 is 0 Å². The zero-order chi connectivity index (χ0) is 14.2. The first-order chi connectivity index (χ1) is 9.74. The second-order valence-electron chi connectivity index (χ2n) is 5.28. The van der Waals surface area contributed by atoms with Gasteiger partial charge in [-0.25, -0.2) is 0 Å². The van der Waals surface area contributed by atoms with E-state index in [1.54, 1.807) is 0 Å². The Morgan fingerprint density at radius 2 is 2.15 bits per heavy atom. The van der Waals surface area contributed by atoms with Crippen LogP contribution in [0.5, 0.6) is 5.75 Å². The van der Waals surface area contributed by atoms with Crippen molar-refractivity contribution < 1.29 is 4.74 Å². The number of nitrogens with two attached hydrogens (primary N) is 1. The molecule has 0 spiro atoms. The van der Waals surface area contributed by atoms with E-state index in [-0.39, 0.29) is 0 Å². The summed E-state index contributed by atoms with van der Waals surface area (Å²) in [5.41, 5.74) is 6.76. The number of hydrogen-bond donors (Lipinski definition) is 2. The van der Waals surface area contributed by atoms with E-state index in [9.17, 15) is 0 Å². The highest BCUT2D eigenvalue weighted by atomic mass is 16.5. The lowest BCUT2D eigenvalue weighted by molar-refractivity contribution is 0.306. The first kappa shape index (κ1) is 14.7. The van der Waals surface area contributed by atoms with Crippen molar-refractivity contribution in [3.63, 3.8) is 0 Å². The molecule has 1 saturated heterocycles. The Kier molecular flexibility index (Phi) is 5.74. The van der Waals surface area contributed by atoms with Crippen LogP contribution in [0, 0.1) is 0 Å². The van der Waals surface area contributed by atoms with Crippen LogP contribution < -0.4 is 15.8 Å². The number of nitrogens with one attached hydrogen (secondary N) is 1. The molecule has 0 bridgehead atoms. The van der Waals surface area contributed by atoms with Gasteiger partial charge in [-0.05, 0) is 50.0 Å². The summed E-state index contributed by atoms with van der Waals surface area (Å²) in [5, 5.41) is 2.99. The van der Waals surface area contributed by atoms with Crippen molar-refractivity contribution in [1.82, 2.24) is 10.2 Å². The highest BCUT2D eigenvalue weighted by molar-refractivity contribution is 5.28. The standard InChI is InChI=1S/C16H25N3O/c1-14(17)18-8-5-11-20-16-7-4-6-15(12-16)13-19-9-2-3-10-19/h4,6-7,12,18H,1-3,5,8-11,13,17H2. The molecule has 1 heterocycles. The van der Waals surface area contributed by atoms with Crippen LogP contribution in [0.15, 0.2) is 36.7 Å². The molecule has 1 aromatic carbocycles. The number of hydrogen-bond acceptors (Lipinski definition) is 4. The van der Waals surface area contributed by atoms with Crippen molar-refractivity contribution in [2.45, 2.75) is 25.8 Å². The van der Waals surface area contributed by atoms with Crippen molar-refractivity contribution in [3.8, 4) is 5.75 Å². The number of nitrogens with zero attached hydrogens (tertiary/aromatic N) is 1. The van der Waals surface area contributed by atoms with Crippen LogP contribution in [0.1, 0.15) is 24.8 Å². The van der Waals surface area contributed by atoms with E-state index >= 15 is 0 Å². The molecule has 1 aliphatic rings. The average molecular weight is 275 g/mol. The Labute approximate surface area is 121 Å². The van der Waals surface area contributed by atoms with Gasteiger partial charge in [0, 0.05) is 13.1 Å². The van der Waals surface area contributed by atoms with Gasteiger partial charge in [0.15, 0.2) is 0 Å². The first-order valence-electron chi connectivity index (χ1n) is 7.36. The van der Waals surface area contributed by atoms with Crippen molar-refractivity contribution in [3.05, 3.63) is 42.2 Å². The van der Waals surface area contributed by atoms with Crippen LogP contribution in [0.4, 0.5) is 0 Å². The minimum atomic E-state index is 0.512. The average Bonchev–Trinajstić information content (AvgIpc) is 2.91. The van der Waals surface area contributed by atoms with Gasteiger partial charge in [-0.15, -0.1) is 0 Å². The molecular weight excluding hydrogens is 250 g/mol. The van der Waals surface area contributed by atoms with Crippen LogP contribution in [0.2, 0.25) is 0 Å². The molecule has 0 aromatic heterocycles. The SMILES string of the molecule is C=C(N)NCCCOc1cccc(CN2CCCC2)c1. The smallest absolute Gasteiger partial charge is 0.119 e. The Bertz CT molecular complexity index is 427. The topological polar surface area (TPSA) is 50.5 Å². The van der Waals surface area contributed by atoms with E-state index in [2.05, 4.69) is 35.0 Å². The summed E-state index contributed by atoms with van der Waals surface area (Å²) in [7, 11) is 0. The second-order valence-corrected chi connectivity index (χ2v) is 5.28. The van der Waals surface area contributed by atoms with Crippen molar-refractivity contribution in [2.24, 2.45) is 5.73 Å². The van der Waals surface area contributed by atoms with E-state index in [0.717, 1.165) is 25.3 Å². The summed E-state index contributed by atoms with van der Waals surface area (Å²) in [4.78, 5) is 2.50. The normalized spacial score (nSPS) is 15.2. The van der Waals surface area contributed by atoms with Crippen molar-refractivity contribution in [1.29, 1.82) is 0 Å². The maximum absolute atomic E-state index is 5.76. The van der Waals surface area contributed by atoms with E-state index in [1.807, 2.05) is 6.07 Å². The fourth-order valence-electron chi connectivity index (χ4n) is 2.44. The van der Waals surface area contributed by atoms with E-state index in [1.165, 1.54) is 31.5 Å². The zero-order valence-electron chi connectivity index (χ0n) is 12.1. The van der Waals surface area contributed by atoms with Crippen LogP contribution in [-0.2, 0) is 6.54 Å². The molecule has 0 saturated carbocycles. The third-order valence-corrected chi connectivity index (χ3v) is 3.45. The Balaban J connectivity index is 1.72. The molecule has 0 unspecified atom stereocenters. The molecule has 0 radical (unpaired) electrons. The van der Waals surface area contributed by atoms with E-state index in [4.69, 9.17) is 10.5 Å². The lowest BCUT2D eigenvalue weighted by atomic mass is 10.2. The van der Waals surface area contributed by atoms with Crippen LogP contribution in [0.3, 0.4) is 0 Å². The van der Waals surface area contributed by atoms with Gasteiger partial charge in [0.1, 0.15) is 5.75 Å². The highest BCUT2D eigenvalue weighted by Gasteiger charge is 2.11. The van der Waals surface area contributed by atoms with Crippen molar-refractivity contribution in [2.75, 3.05) is 26.2 Å². The van der Waals surface area contributed by atoms with Gasteiger partial charge in [0.05, 0.1) is 12.4 Å². The minimum absolute atomic E-state index is 0.512. The molecule has 4 heteroatoms. The van der Waals surface area contributed by atoms with Crippen molar-refractivity contribution >= 4 is 0 Å². The molecule has 1 fully saturated rings. The van der Waals surface area contributed by atoms with Gasteiger partial charge in [-0.1, -0.05) is 18.7 Å². The summed E-state index contributed by atoms with van der Waals surface area (Å²) >= 11 is 0. The zero-order valence-corrected chi connectivity index (χ0v) is 12.1. The van der Waals surface area contributed by atoms with E-state index < -0.39 is 0 Å². The van der Waals surface area contributed by atoms with Gasteiger partial charge in [0.2, 0.25) is 0 Å². The molecule has 1 aromatic rings. The maximum atomic E-state index is 5.76. The number of benzene rings is 1. The largest absolute Gasteiger partial charge is 0.494 e. The number of ether oxygens (including phenoxy) is 1. The molecule has 0 aliphatic carbocycles. The van der Waals surface area contributed by atoms with Crippen LogP contribution in [0.25, 0.3) is 0 Å². The molecule has 4 nitrogen and oxygen atoms in total. The third-order valence-electron chi connectivity index (χ3n) is 3.45. The lowest BCUT2D eigenvalue weighted by Gasteiger charge is -2.15. The van der Waals surface area contributed by atoms with Crippen LogP contribution in [-0.4, -0.2) is 31.1 Å². The van der Waals surface area contributed by atoms with Gasteiger partial charge in [-0.3, -0.25) is 4.90 Å². The monoisotopic (exact) mass is 275 g/mol. The summed E-state index contributed by atoms with van der Waals surface area (Å²) in [6.45, 7) is 8.55. The first-order valence-corrected chi connectivity index (χ1v) is 7.36. The summed E-state index contributed by atoms with van der Waals surface area (Å²) in [6, 6.07) is 8.41. The Hall–Kier alpha value is -1.68. The van der Waals surface area contributed by atoms with Gasteiger partial charge in [-0.2, -0.15) is 0 Å².